The van der Waals surface area contributed by atoms with E-state index in [1.165, 1.54) is 23.5 Å². The van der Waals surface area contributed by atoms with E-state index in [1.54, 1.807) is 23.3 Å². The molecule has 2 aromatic carbocycles. The van der Waals surface area contributed by atoms with Crippen molar-refractivity contribution in [2.24, 2.45) is 5.73 Å². The molecule has 3 N–H and O–H groups in total. The number of rotatable bonds is 7. The molecule has 0 bridgehead atoms. The van der Waals surface area contributed by atoms with Gasteiger partial charge in [0.25, 0.3) is 5.91 Å². The maximum atomic E-state index is 13.4. The van der Waals surface area contributed by atoms with E-state index in [0.29, 0.717) is 5.56 Å². The van der Waals surface area contributed by atoms with Crippen molar-refractivity contribution in [1.82, 2.24) is 10.2 Å². The van der Waals surface area contributed by atoms with Gasteiger partial charge in [-0.05, 0) is 31.2 Å². The second kappa shape index (κ2) is 9.04. The fraction of sp³-hybridized carbons (Fsp3) is 0.375. The Morgan fingerprint density at radius 3 is 2.36 bits per heavy atom. The number of fused-ring (bicyclic) bond motifs is 1. The van der Waals surface area contributed by atoms with Gasteiger partial charge in [0.1, 0.15) is 24.1 Å². The normalized spacial score (nSPS) is 26.2. The second-order valence-electron chi connectivity index (χ2n) is 8.60. The van der Waals surface area contributed by atoms with Crippen LogP contribution >= 0.6 is 23.5 Å². The monoisotopic (exact) mass is 485 g/mol. The van der Waals surface area contributed by atoms with Gasteiger partial charge in [-0.1, -0.05) is 60.7 Å². The first kappa shape index (κ1) is 23.7. The zero-order valence-electron chi connectivity index (χ0n) is 18.7. The van der Waals surface area contributed by atoms with Crippen molar-refractivity contribution >= 4 is 41.3 Å². The number of carbonyl (C=O) groups is 3. The zero-order chi connectivity index (χ0) is 23.8. The van der Waals surface area contributed by atoms with E-state index >= 15 is 0 Å². The van der Waals surface area contributed by atoms with E-state index in [0.717, 1.165) is 5.56 Å². The van der Waals surface area contributed by atoms with Crippen LogP contribution in [0.4, 0.5) is 0 Å². The van der Waals surface area contributed by atoms with E-state index in [2.05, 4.69) is 5.32 Å². The molecule has 2 aliphatic rings. The Morgan fingerprint density at radius 2 is 1.76 bits per heavy atom. The van der Waals surface area contributed by atoms with Crippen LogP contribution in [0.5, 0.6) is 0 Å². The number of benzene rings is 2. The Balaban J connectivity index is 1.50. The van der Waals surface area contributed by atoms with E-state index in [1.807, 2.05) is 62.4 Å². The van der Waals surface area contributed by atoms with Gasteiger partial charge in [-0.15, -0.1) is 23.5 Å². The highest BCUT2D eigenvalue weighted by atomic mass is 32.2. The van der Waals surface area contributed by atoms with Crippen molar-refractivity contribution in [2.45, 2.75) is 47.5 Å². The molecule has 2 aliphatic heterocycles. The minimum absolute atomic E-state index is 0.139. The predicted octanol–water partition coefficient (Wildman–Crippen LogP) is 2.67. The third-order valence-corrected chi connectivity index (χ3v) is 8.95. The summed E-state index contributed by atoms with van der Waals surface area (Å²) in [4.78, 5) is 39.8. The summed E-state index contributed by atoms with van der Waals surface area (Å²) in [5.41, 5.74) is 7.70. The van der Waals surface area contributed by atoms with Gasteiger partial charge in [-0.25, -0.2) is 4.79 Å². The number of carbonyl (C=O) groups excluding carboxylic acids is 3. The number of ether oxygens (including phenoxy) is 1. The summed E-state index contributed by atoms with van der Waals surface area (Å²) in [6.45, 7) is 3.97. The number of thioether (sulfide) groups is 2. The summed E-state index contributed by atoms with van der Waals surface area (Å²) in [5, 5.41) is 2.48. The third kappa shape index (κ3) is 4.13. The SMILES string of the molecule is CS[C@]1(NC(=O)C(N)c2ccccc2)C(=O)N2[C@@H](C(=O)OCc3ccccc3)C(C)(C)S[C@@H]21. The summed E-state index contributed by atoms with van der Waals surface area (Å²) in [7, 11) is 0. The lowest BCUT2D eigenvalue weighted by Crippen LogP contribution is -2.78. The molecule has 4 atom stereocenters. The molecule has 2 saturated heterocycles. The van der Waals surface area contributed by atoms with Gasteiger partial charge in [0.05, 0.1) is 0 Å². The van der Waals surface area contributed by atoms with Gasteiger partial charge in [0.2, 0.25) is 5.91 Å². The summed E-state index contributed by atoms with van der Waals surface area (Å²) < 4.78 is 4.98. The van der Waals surface area contributed by atoms with Crippen LogP contribution in [0.3, 0.4) is 0 Å². The molecular formula is C24H27N3O4S2. The number of hydrogen-bond acceptors (Lipinski definition) is 7. The quantitative estimate of drug-likeness (QED) is 0.353. The molecule has 2 heterocycles. The Morgan fingerprint density at radius 1 is 1.15 bits per heavy atom. The Bertz CT molecular complexity index is 1050. The molecule has 0 spiro atoms. The molecule has 2 fully saturated rings. The minimum atomic E-state index is -1.18. The third-order valence-electron chi connectivity index (χ3n) is 6.02. The van der Waals surface area contributed by atoms with Crippen molar-refractivity contribution < 1.29 is 19.1 Å². The van der Waals surface area contributed by atoms with Crippen LogP contribution in [0.15, 0.2) is 60.7 Å². The Kier molecular flexibility index (Phi) is 6.48. The van der Waals surface area contributed by atoms with Gasteiger partial charge < -0.3 is 20.7 Å². The number of hydrogen-bond donors (Lipinski definition) is 2. The number of nitrogens with two attached hydrogens (primary N) is 1. The van der Waals surface area contributed by atoms with Crippen molar-refractivity contribution in [3.63, 3.8) is 0 Å². The number of nitrogens with one attached hydrogen (secondary N) is 1. The lowest BCUT2D eigenvalue weighted by molar-refractivity contribution is -0.166. The maximum absolute atomic E-state index is 13.4. The molecule has 7 nitrogen and oxygen atoms in total. The average Bonchev–Trinajstić information content (AvgIpc) is 3.10. The van der Waals surface area contributed by atoms with Crippen molar-refractivity contribution in [3.8, 4) is 0 Å². The van der Waals surface area contributed by atoms with Crippen molar-refractivity contribution in [2.75, 3.05) is 6.26 Å². The molecule has 33 heavy (non-hydrogen) atoms. The van der Waals surface area contributed by atoms with Crippen LogP contribution < -0.4 is 11.1 Å². The zero-order valence-corrected chi connectivity index (χ0v) is 20.3. The van der Waals surface area contributed by atoms with Crippen molar-refractivity contribution in [1.29, 1.82) is 0 Å². The van der Waals surface area contributed by atoms with Gasteiger partial charge >= 0.3 is 5.97 Å². The first-order valence-electron chi connectivity index (χ1n) is 10.6. The number of nitrogens with zero attached hydrogens (tertiary/aromatic N) is 1. The summed E-state index contributed by atoms with van der Waals surface area (Å²) in [5.74, 6) is -1.19. The predicted molar refractivity (Wildman–Crippen MR) is 130 cm³/mol. The molecular weight excluding hydrogens is 458 g/mol. The van der Waals surface area contributed by atoms with Crippen LogP contribution in [-0.2, 0) is 25.7 Å². The van der Waals surface area contributed by atoms with Crippen LogP contribution in [-0.4, -0.2) is 50.0 Å². The highest BCUT2D eigenvalue weighted by Gasteiger charge is 2.72. The molecule has 0 aromatic heterocycles. The topological polar surface area (TPSA) is 102 Å². The van der Waals surface area contributed by atoms with Gasteiger partial charge in [0.15, 0.2) is 4.87 Å². The summed E-state index contributed by atoms with van der Waals surface area (Å²) in [6, 6.07) is 16.8. The van der Waals surface area contributed by atoms with Gasteiger partial charge in [-0.3, -0.25) is 9.59 Å². The smallest absolute Gasteiger partial charge is 0.330 e. The molecule has 0 radical (unpaired) electrons. The minimum Gasteiger partial charge on any atom is -0.459 e. The van der Waals surface area contributed by atoms with E-state index in [4.69, 9.17) is 10.5 Å². The number of esters is 1. The Labute approximate surface area is 201 Å². The number of amides is 2. The average molecular weight is 486 g/mol. The van der Waals surface area contributed by atoms with E-state index in [-0.39, 0.29) is 12.5 Å². The molecule has 174 valence electrons. The largest absolute Gasteiger partial charge is 0.459 e. The molecule has 4 rings (SSSR count). The standard InChI is InChI=1S/C24H27N3O4S2/c1-23(2)18(20(29)31-14-15-10-6-4-7-11-15)27-21(30)24(32-3,22(27)33-23)26-19(28)17(25)16-12-8-5-9-13-16/h4-13,17-18,22H,14,25H2,1-3H3,(H,26,28)/t17?,18-,22+,24+/m0/s1. The summed E-state index contributed by atoms with van der Waals surface area (Å²) >= 11 is 2.75. The van der Waals surface area contributed by atoms with Gasteiger partial charge in [-0.2, -0.15) is 0 Å². The Hall–Kier alpha value is -2.49. The van der Waals surface area contributed by atoms with E-state index in [9.17, 15) is 14.4 Å². The van der Waals surface area contributed by atoms with Gasteiger partial charge in [0, 0.05) is 4.75 Å². The lowest BCUT2D eigenvalue weighted by Gasteiger charge is -2.52. The molecule has 0 aliphatic carbocycles. The van der Waals surface area contributed by atoms with E-state index < -0.39 is 39.0 Å². The van der Waals surface area contributed by atoms with Crippen molar-refractivity contribution in [3.05, 3.63) is 71.8 Å². The van der Waals surface area contributed by atoms with Crippen LogP contribution in [0.1, 0.15) is 31.0 Å². The molecule has 2 aromatic rings. The van der Waals surface area contributed by atoms with Crippen LogP contribution in [0.2, 0.25) is 0 Å². The number of β-lactam (4-membered cyclic amide) rings is 1. The highest BCUT2D eigenvalue weighted by Crippen LogP contribution is 2.58. The van der Waals surface area contributed by atoms with Crippen LogP contribution in [0, 0.1) is 0 Å². The molecule has 2 amide bonds. The summed E-state index contributed by atoms with van der Waals surface area (Å²) in [6.07, 6.45) is 1.78. The molecule has 9 heteroatoms. The fourth-order valence-corrected chi connectivity index (χ4v) is 7.05. The van der Waals surface area contributed by atoms with Crippen LogP contribution in [0.25, 0.3) is 0 Å². The fourth-order valence-electron chi connectivity index (χ4n) is 4.25. The first-order chi connectivity index (χ1) is 15.7. The second-order valence-corrected chi connectivity index (χ2v) is 11.4. The lowest BCUT2D eigenvalue weighted by atomic mass is 9.95. The molecule has 0 saturated carbocycles. The highest BCUT2D eigenvalue weighted by molar-refractivity contribution is 8.05. The molecule has 1 unspecified atom stereocenters. The first-order valence-corrected chi connectivity index (χ1v) is 12.7. The maximum Gasteiger partial charge on any atom is 0.330 e.